The number of aliphatic imine (C=N–C) groups is 1. The molecule has 1 fully saturated rings. The molecule has 3 aliphatic rings. The van der Waals surface area contributed by atoms with Crippen LogP contribution in [0.5, 0.6) is 0 Å². The second-order valence-corrected chi connectivity index (χ2v) is 6.02. The lowest BCUT2D eigenvalue weighted by Crippen LogP contribution is -2.40. The van der Waals surface area contributed by atoms with Gasteiger partial charge in [0.15, 0.2) is 0 Å². The van der Waals surface area contributed by atoms with Gasteiger partial charge in [-0.3, -0.25) is 9.79 Å². The van der Waals surface area contributed by atoms with E-state index < -0.39 is 0 Å². The van der Waals surface area contributed by atoms with Crippen molar-refractivity contribution in [2.75, 3.05) is 12.9 Å². The van der Waals surface area contributed by atoms with Gasteiger partial charge in [0, 0.05) is 12.0 Å². The van der Waals surface area contributed by atoms with Crippen molar-refractivity contribution in [3.8, 4) is 0 Å². The highest BCUT2D eigenvalue weighted by Gasteiger charge is 2.54. The molecule has 17 heavy (non-hydrogen) atoms. The van der Waals surface area contributed by atoms with Gasteiger partial charge in [-0.15, -0.1) is 11.8 Å². The molecule has 1 aliphatic carbocycles. The molecule has 3 nitrogen and oxygen atoms in total. The van der Waals surface area contributed by atoms with Crippen molar-refractivity contribution < 1.29 is 9.53 Å². The van der Waals surface area contributed by atoms with Gasteiger partial charge in [-0.1, -0.05) is 12.2 Å². The second-order valence-electron chi connectivity index (χ2n) is 4.67. The highest BCUT2D eigenvalue weighted by molar-refractivity contribution is 8.01. The van der Waals surface area contributed by atoms with Crippen LogP contribution >= 0.6 is 11.8 Å². The van der Waals surface area contributed by atoms with Crippen LogP contribution in [-0.2, 0) is 9.53 Å². The van der Waals surface area contributed by atoms with Gasteiger partial charge in [-0.2, -0.15) is 0 Å². The Kier molecular flexibility index (Phi) is 2.62. The quantitative estimate of drug-likeness (QED) is 0.669. The molecule has 0 aromatic carbocycles. The molecule has 3 unspecified atom stereocenters. The van der Waals surface area contributed by atoms with Crippen molar-refractivity contribution in [1.82, 2.24) is 0 Å². The van der Waals surface area contributed by atoms with Gasteiger partial charge in [-0.25, -0.2) is 0 Å². The number of carbonyl (C=O) groups excluding carboxylic acids is 1. The number of esters is 1. The average molecular weight is 249 g/mol. The molecule has 0 N–H and O–H groups in total. The highest BCUT2D eigenvalue weighted by Crippen LogP contribution is 2.57. The maximum atomic E-state index is 11.8. The molecule has 3 atom stereocenters. The largest absolute Gasteiger partial charge is 0.469 e. The van der Waals surface area contributed by atoms with Crippen LogP contribution in [0.25, 0.3) is 0 Å². The van der Waals surface area contributed by atoms with Gasteiger partial charge < -0.3 is 4.74 Å². The summed E-state index contributed by atoms with van der Waals surface area (Å²) < 4.78 is 4.96. The molecular weight excluding hydrogens is 234 g/mol. The van der Waals surface area contributed by atoms with Gasteiger partial charge >= 0.3 is 5.97 Å². The molecular formula is C13H15NO2S. The van der Waals surface area contributed by atoms with Crippen molar-refractivity contribution in [3.63, 3.8) is 0 Å². The Bertz CT molecular complexity index is 441. The summed E-state index contributed by atoms with van der Waals surface area (Å²) in [6.07, 6.45) is 10.2. The Morgan fingerprint density at radius 1 is 1.65 bits per heavy atom. The fourth-order valence-corrected chi connectivity index (χ4v) is 4.87. The highest BCUT2D eigenvalue weighted by atomic mass is 32.2. The van der Waals surface area contributed by atoms with E-state index in [-0.39, 0.29) is 16.6 Å². The first-order valence-electron chi connectivity index (χ1n) is 5.89. The molecule has 0 radical (unpaired) electrons. The van der Waals surface area contributed by atoms with Crippen LogP contribution in [0, 0.1) is 11.8 Å². The molecule has 0 bridgehead atoms. The molecule has 0 aromatic rings. The lowest BCUT2D eigenvalue weighted by molar-refractivity contribution is -0.146. The number of nitrogens with zero attached hydrogens (tertiary/aromatic N) is 1. The second kappa shape index (κ2) is 4.02. The Labute approximate surface area is 105 Å². The van der Waals surface area contributed by atoms with E-state index in [4.69, 9.17) is 4.74 Å². The monoisotopic (exact) mass is 249 g/mol. The molecule has 1 saturated heterocycles. The standard InChI is InChI=1S/C13H15NO2S/c1-16-12(15)9-8-17-13-6-3-2-4-11(13)14-7-5-10(9)13/h2-4,7,9-10H,5-6,8H2,1H3. The SMILES string of the molecule is COC(=O)C1CSC23CC=CC=C2N=CCC13. The molecule has 2 heterocycles. The summed E-state index contributed by atoms with van der Waals surface area (Å²) in [5.74, 6) is 1.15. The minimum Gasteiger partial charge on any atom is -0.469 e. The minimum absolute atomic E-state index is 0.0200. The zero-order valence-electron chi connectivity index (χ0n) is 9.76. The fraction of sp³-hybridized carbons (Fsp3) is 0.538. The number of allylic oxidation sites excluding steroid dienone is 3. The van der Waals surface area contributed by atoms with E-state index >= 15 is 0 Å². The zero-order valence-corrected chi connectivity index (χ0v) is 10.6. The van der Waals surface area contributed by atoms with E-state index in [0.29, 0.717) is 5.92 Å². The molecule has 2 aliphatic heterocycles. The van der Waals surface area contributed by atoms with Crippen molar-refractivity contribution in [2.45, 2.75) is 17.6 Å². The number of ether oxygens (including phenoxy) is 1. The fourth-order valence-electron chi connectivity index (χ4n) is 3.06. The van der Waals surface area contributed by atoms with Gasteiger partial charge in [0.2, 0.25) is 0 Å². The van der Waals surface area contributed by atoms with Crippen molar-refractivity contribution in [3.05, 3.63) is 23.9 Å². The predicted octanol–water partition coefficient (Wildman–Crippen LogP) is 2.20. The maximum absolute atomic E-state index is 11.8. The molecule has 0 saturated carbocycles. The topological polar surface area (TPSA) is 38.7 Å². The summed E-state index contributed by atoms with van der Waals surface area (Å²) in [5.41, 5.74) is 1.13. The first kappa shape index (κ1) is 11.1. The van der Waals surface area contributed by atoms with Gasteiger partial charge in [0.25, 0.3) is 0 Å². The third-order valence-electron chi connectivity index (χ3n) is 3.94. The number of thioether (sulfide) groups is 1. The van der Waals surface area contributed by atoms with Crippen LogP contribution in [0.4, 0.5) is 0 Å². The van der Waals surface area contributed by atoms with Crippen molar-refractivity contribution >= 4 is 23.9 Å². The maximum Gasteiger partial charge on any atom is 0.309 e. The van der Waals surface area contributed by atoms with Gasteiger partial charge in [-0.05, 0) is 24.8 Å². The summed E-state index contributed by atoms with van der Waals surface area (Å²) in [4.78, 5) is 16.3. The van der Waals surface area contributed by atoms with Crippen LogP contribution in [0.1, 0.15) is 12.8 Å². The minimum atomic E-state index is -0.0661. The van der Waals surface area contributed by atoms with Gasteiger partial charge in [0.1, 0.15) is 0 Å². The summed E-state index contributed by atoms with van der Waals surface area (Å²) >= 11 is 1.88. The van der Waals surface area contributed by atoms with Crippen LogP contribution in [0.3, 0.4) is 0 Å². The van der Waals surface area contributed by atoms with Crippen LogP contribution in [-0.4, -0.2) is 29.8 Å². The molecule has 4 heteroatoms. The van der Waals surface area contributed by atoms with E-state index in [1.807, 2.05) is 18.0 Å². The van der Waals surface area contributed by atoms with Crippen LogP contribution < -0.4 is 0 Å². The van der Waals surface area contributed by atoms with Crippen LogP contribution in [0.15, 0.2) is 28.9 Å². The molecule has 3 rings (SSSR count). The number of hydrogen-bond acceptors (Lipinski definition) is 4. The van der Waals surface area contributed by atoms with E-state index in [9.17, 15) is 4.79 Å². The van der Waals surface area contributed by atoms with Crippen LogP contribution in [0.2, 0.25) is 0 Å². The summed E-state index contributed by atoms with van der Waals surface area (Å²) in [6, 6.07) is 0. The third-order valence-corrected chi connectivity index (χ3v) is 5.66. The van der Waals surface area contributed by atoms with E-state index in [0.717, 1.165) is 24.3 Å². The Morgan fingerprint density at radius 2 is 2.53 bits per heavy atom. The number of carbonyl (C=O) groups is 1. The Hall–Kier alpha value is -1.03. The normalized spacial score (nSPS) is 38.3. The number of methoxy groups -OCH3 is 1. The van der Waals surface area contributed by atoms with E-state index in [2.05, 4.69) is 23.2 Å². The first-order valence-corrected chi connectivity index (χ1v) is 6.88. The number of rotatable bonds is 1. The van der Waals surface area contributed by atoms with Crippen molar-refractivity contribution in [2.24, 2.45) is 16.8 Å². The lowest BCUT2D eigenvalue weighted by Gasteiger charge is -2.39. The first-order chi connectivity index (χ1) is 8.28. The lowest BCUT2D eigenvalue weighted by atomic mass is 9.74. The van der Waals surface area contributed by atoms with E-state index in [1.54, 1.807) is 0 Å². The summed E-state index contributed by atoms with van der Waals surface area (Å²) in [5, 5.41) is 0. The Morgan fingerprint density at radius 3 is 3.35 bits per heavy atom. The summed E-state index contributed by atoms with van der Waals surface area (Å²) in [6.45, 7) is 0. The van der Waals surface area contributed by atoms with E-state index in [1.165, 1.54) is 7.11 Å². The Balaban J connectivity index is 1.98. The predicted molar refractivity (Wildman–Crippen MR) is 69.1 cm³/mol. The smallest absolute Gasteiger partial charge is 0.309 e. The molecule has 90 valence electrons. The summed E-state index contributed by atoms with van der Waals surface area (Å²) in [7, 11) is 1.48. The molecule has 0 aromatic heterocycles. The zero-order chi connectivity index (χ0) is 11.9. The number of hydrogen-bond donors (Lipinski definition) is 0. The molecule has 0 amide bonds. The van der Waals surface area contributed by atoms with Crippen molar-refractivity contribution in [1.29, 1.82) is 0 Å². The molecule has 1 spiro atoms. The third kappa shape index (κ3) is 1.50. The average Bonchev–Trinajstić information content (AvgIpc) is 2.75. The van der Waals surface area contributed by atoms with Gasteiger partial charge in [0.05, 0.1) is 23.5 Å².